The lowest BCUT2D eigenvalue weighted by Crippen LogP contribution is -2.70. The van der Waals surface area contributed by atoms with Crippen molar-refractivity contribution in [2.24, 2.45) is 0 Å². The zero-order valence-electron chi connectivity index (χ0n) is 11.7. The van der Waals surface area contributed by atoms with Gasteiger partial charge in [-0.05, 0) is 6.92 Å². The Hall–Kier alpha value is -1.35. The van der Waals surface area contributed by atoms with Crippen molar-refractivity contribution in [1.82, 2.24) is 0 Å². The second-order valence-electron chi connectivity index (χ2n) is 4.71. The first-order valence-electron chi connectivity index (χ1n) is 5.71. The molecule has 1 nitrogen and oxygen atoms in total. The molecule has 0 aromatic carbocycles. The fourth-order valence-corrected chi connectivity index (χ4v) is 1.24. The molecule has 0 spiro atoms. The molecular formula is C10H5F15O. The molecule has 1 atom stereocenters. The molecule has 0 heterocycles. The van der Waals surface area contributed by atoms with Gasteiger partial charge in [0.2, 0.25) is 5.83 Å². The van der Waals surface area contributed by atoms with E-state index in [4.69, 9.17) is 5.11 Å². The summed E-state index contributed by atoms with van der Waals surface area (Å²) in [6.45, 7) is 0.0771. The van der Waals surface area contributed by atoms with Gasteiger partial charge in [0.1, 0.15) is 6.10 Å². The fraction of sp³-hybridized carbons (Fsp3) is 0.800. The van der Waals surface area contributed by atoms with Crippen molar-refractivity contribution >= 4 is 0 Å². The summed E-state index contributed by atoms with van der Waals surface area (Å²) < 4.78 is 190. The third-order valence-corrected chi connectivity index (χ3v) is 2.79. The van der Waals surface area contributed by atoms with Crippen LogP contribution in [0.3, 0.4) is 0 Å². The molecule has 0 aliphatic carbocycles. The summed E-state index contributed by atoms with van der Waals surface area (Å²) in [5.74, 6) is -47.3. The monoisotopic (exact) mass is 426 g/mol. The minimum atomic E-state index is -8.24. The Morgan fingerprint density at radius 3 is 1.19 bits per heavy atom. The van der Waals surface area contributed by atoms with Gasteiger partial charge in [0.05, 0.1) is 0 Å². The SMILES string of the molecule is CC(O)/C(F)=C(\F)C(F)(F)C(F)(F)C(F)(F)C(F)(F)C(F)(F)C(F)(F)F. The molecular weight excluding hydrogens is 421 g/mol. The minimum Gasteiger partial charge on any atom is -0.386 e. The van der Waals surface area contributed by atoms with E-state index < -0.39 is 53.5 Å². The van der Waals surface area contributed by atoms with Gasteiger partial charge in [-0.25, -0.2) is 8.78 Å². The number of hydrogen-bond donors (Lipinski definition) is 1. The predicted molar refractivity (Wildman–Crippen MR) is 51.7 cm³/mol. The van der Waals surface area contributed by atoms with Gasteiger partial charge in [-0.3, -0.25) is 0 Å². The highest BCUT2D eigenvalue weighted by atomic mass is 19.4. The Labute approximate surface area is 133 Å². The fourth-order valence-electron chi connectivity index (χ4n) is 1.24. The van der Waals surface area contributed by atoms with Crippen LogP contribution in [0.5, 0.6) is 0 Å². The van der Waals surface area contributed by atoms with Crippen LogP contribution in [-0.2, 0) is 0 Å². The number of aliphatic hydroxyl groups excluding tert-OH is 1. The Morgan fingerprint density at radius 2 is 0.923 bits per heavy atom. The molecule has 0 amide bonds. The number of aliphatic hydroxyl groups is 1. The first-order valence-corrected chi connectivity index (χ1v) is 5.71. The molecule has 0 saturated heterocycles. The molecule has 1 unspecified atom stereocenters. The normalized spacial score (nSPS) is 17.9. The second kappa shape index (κ2) is 6.37. The van der Waals surface area contributed by atoms with E-state index >= 15 is 0 Å². The highest BCUT2D eigenvalue weighted by molar-refractivity contribution is 5.21. The Morgan fingerprint density at radius 1 is 0.615 bits per heavy atom. The average molecular weight is 426 g/mol. The first kappa shape index (κ1) is 24.7. The van der Waals surface area contributed by atoms with Crippen LogP contribution in [0, 0.1) is 0 Å². The summed E-state index contributed by atoms with van der Waals surface area (Å²) in [4.78, 5) is 0. The van der Waals surface area contributed by atoms with E-state index in [0.29, 0.717) is 0 Å². The Kier molecular flexibility index (Phi) is 6.04. The first-order chi connectivity index (χ1) is 11.0. The Bertz CT molecular complexity index is 555. The molecule has 0 saturated carbocycles. The topological polar surface area (TPSA) is 20.2 Å². The molecule has 26 heavy (non-hydrogen) atoms. The van der Waals surface area contributed by atoms with Gasteiger partial charge >= 0.3 is 35.8 Å². The summed E-state index contributed by atoms with van der Waals surface area (Å²) in [6, 6.07) is 0. The van der Waals surface area contributed by atoms with Crippen molar-refractivity contribution in [1.29, 1.82) is 0 Å². The zero-order valence-corrected chi connectivity index (χ0v) is 11.7. The van der Waals surface area contributed by atoms with Crippen LogP contribution in [0.25, 0.3) is 0 Å². The molecule has 0 rings (SSSR count). The summed E-state index contributed by atoms with van der Waals surface area (Å²) in [5, 5.41) is 8.36. The highest BCUT2D eigenvalue weighted by Gasteiger charge is 2.91. The molecule has 156 valence electrons. The van der Waals surface area contributed by atoms with Crippen molar-refractivity contribution in [3.63, 3.8) is 0 Å². The third kappa shape index (κ3) is 3.19. The maximum Gasteiger partial charge on any atom is 0.460 e. The predicted octanol–water partition coefficient (Wildman–Crippen LogP) is 5.26. The minimum absolute atomic E-state index is 0.0771. The number of allylic oxidation sites excluding steroid dienone is 1. The standard InChI is InChI=1S/C10H5F15O/c1-2(26)3(11)4(12)5(13,14)6(15,16)7(17,18)8(19,20)9(21,22)10(23,24)25/h2,26H,1H3/b4-3+. The van der Waals surface area contributed by atoms with Crippen molar-refractivity contribution in [2.45, 2.75) is 48.8 Å². The summed E-state index contributed by atoms with van der Waals surface area (Å²) in [6.07, 6.45) is -10.6. The lowest BCUT2D eigenvalue weighted by atomic mass is 9.93. The smallest absolute Gasteiger partial charge is 0.386 e. The van der Waals surface area contributed by atoms with E-state index in [1.165, 1.54) is 0 Å². The number of hydrogen-bond acceptors (Lipinski definition) is 1. The van der Waals surface area contributed by atoms with Crippen molar-refractivity contribution in [3.05, 3.63) is 11.7 Å². The van der Waals surface area contributed by atoms with Gasteiger partial charge in [0.25, 0.3) is 0 Å². The molecule has 0 aromatic heterocycles. The number of halogens is 15. The molecule has 16 heteroatoms. The quantitative estimate of drug-likeness (QED) is 0.575. The van der Waals surface area contributed by atoms with Crippen molar-refractivity contribution in [3.8, 4) is 0 Å². The zero-order chi connectivity index (χ0) is 21.7. The molecule has 0 radical (unpaired) electrons. The van der Waals surface area contributed by atoms with E-state index in [-0.39, 0.29) is 6.92 Å². The van der Waals surface area contributed by atoms with Gasteiger partial charge in [0.15, 0.2) is 5.83 Å². The van der Waals surface area contributed by atoms with E-state index in [1.54, 1.807) is 0 Å². The van der Waals surface area contributed by atoms with Gasteiger partial charge in [-0.15, -0.1) is 0 Å². The van der Waals surface area contributed by atoms with Gasteiger partial charge in [-0.2, -0.15) is 57.1 Å². The summed E-state index contributed by atoms with van der Waals surface area (Å²) >= 11 is 0. The molecule has 0 bridgehead atoms. The van der Waals surface area contributed by atoms with E-state index in [1.807, 2.05) is 0 Å². The molecule has 0 aromatic rings. The third-order valence-electron chi connectivity index (χ3n) is 2.79. The summed E-state index contributed by atoms with van der Waals surface area (Å²) in [7, 11) is 0. The van der Waals surface area contributed by atoms with Crippen LogP contribution < -0.4 is 0 Å². The van der Waals surface area contributed by atoms with Gasteiger partial charge < -0.3 is 5.11 Å². The molecule has 0 aliphatic heterocycles. The van der Waals surface area contributed by atoms with Crippen LogP contribution in [0.2, 0.25) is 0 Å². The Balaban J connectivity index is 6.56. The van der Waals surface area contributed by atoms with Crippen LogP contribution in [-0.4, -0.2) is 47.0 Å². The van der Waals surface area contributed by atoms with Crippen molar-refractivity contribution < 1.29 is 71.0 Å². The number of alkyl halides is 13. The molecule has 0 fully saturated rings. The van der Waals surface area contributed by atoms with Gasteiger partial charge in [0, 0.05) is 0 Å². The van der Waals surface area contributed by atoms with Crippen LogP contribution in [0.4, 0.5) is 65.9 Å². The molecule has 0 aliphatic rings. The summed E-state index contributed by atoms with van der Waals surface area (Å²) in [5.41, 5.74) is 0. The van der Waals surface area contributed by atoms with Crippen LogP contribution >= 0.6 is 0 Å². The number of rotatable bonds is 6. The molecule has 1 N–H and O–H groups in total. The van der Waals surface area contributed by atoms with Crippen LogP contribution in [0.1, 0.15) is 6.92 Å². The highest BCUT2D eigenvalue weighted by Crippen LogP contribution is 2.61. The van der Waals surface area contributed by atoms with E-state index in [0.717, 1.165) is 0 Å². The lowest BCUT2D eigenvalue weighted by Gasteiger charge is -2.39. The average Bonchev–Trinajstić information content (AvgIpc) is 2.43. The second-order valence-corrected chi connectivity index (χ2v) is 4.71. The maximum absolute atomic E-state index is 13.1. The van der Waals surface area contributed by atoms with Crippen LogP contribution in [0.15, 0.2) is 11.7 Å². The largest absolute Gasteiger partial charge is 0.460 e. The lowest BCUT2D eigenvalue weighted by molar-refractivity contribution is -0.437. The van der Waals surface area contributed by atoms with E-state index in [9.17, 15) is 65.9 Å². The van der Waals surface area contributed by atoms with Crippen molar-refractivity contribution in [2.75, 3.05) is 0 Å². The van der Waals surface area contributed by atoms with Gasteiger partial charge in [-0.1, -0.05) is 0 Å². The van der Waals surface area contributed by atoms with E-state index in [2.05, 4.69) is 0 Å². The maximum atomic E-state index is 13.1.